The van der Waals surface area contributed by atoms with Gasteiger partial charge in [0.2, 0.25) is 5.91 Å². The highest BCUT2D eigenvalue weighted by Gasteiger charge is 2.41. The summed E-state index contributed by atoms with van der Waals surface area (Å²) in [5.74, 6) is 0.477. The number of nitrogens with zero attached hydrogens (tertiary/aromatic N) is 1. The maximum absolute atomic E-state index is 12.9. The van der Waals surface area contributed by atoms with E-state index in [2.05, 4.69) is 16.0 Å². The third-order valence-corrected chi connectivity index (χ3v) is 6.10. The lowest BCUT2D eigenvalue weighted by Gasteiger charge is -2.24. The predicted molar refractivity (Wildman–Crippen MR) is 101 cm³/mol. The second-order valence-electron chi connectivity index (χ2n) is 7.98. The minimum Gasteiger partial charge on any atom is -0.339 e. The number of rotatable bonds is 3. The van der Waals surface area contributed by atoms with E-state index in [0.29, 0.717) is 30.7 Å². The lowest BCUT2D eigenvalue weighted by atomic mass is 9.85. The molecule has 4 unspecified atom stereocenters. The summed E-state index contributed by atoms with van der Waals surface area (Å²) in [5.41, 5.74) is 0.539. The number of fused-ring (bicyclic) bond motifs is 1. The van der Waals surface area contributed by atoms with Crippen molar-refractivity contribution in [2.75, 3.05) is 18.4 Å². The summed E-state index contributed by atoms with van der Waals surface area (Å²) in [4.78, 5) is 26.8. The average Bonchev–Trinajstić information content (AvgIpc) is 3.29. The molecule has 2 aliphatic heterocycles. The summed E-state index contributed by atoms with van der Waals surface area (Å²) in [6.07, 6.45) is 6.65. The molecular weight excluding hydrogens is 347 g/mol. The summed E-state index contributed by atoms with van der Waals surface area (Å²) in [5, 5.41) is 9.15. The fourth-order valence-corrected chi connectivity index (χ4v) is 4.69. The summed E-state index contributed by atoms with van der Waals surface area (Å²) in [7, 11) is 0. The van der Waals surface area contributed by atoms with E-state index in [0.717, 1.165) is 12.8 Å². The summed E-state index contributed by atoms with van der Waals surface area (Å²) in [6.45, 7) is 1.22. The second kappa shape index (κ2) is 7.84. The van der Waals surface area contributed by atoms with Crippen LogP contribution in [-0.2, 0) is 4.79 Å². The van der Waals surface area contributed by atoms with Crippen LogP contribution in [0.1, 0.15) is 38.5 Å². The van der Waals surface area contributed by atoms with Crippen LogP contribution >= 0.6 is 0 Å². The van der Waals surface area contributed by atoms with Crippen LogP contribution in [0.25, 0.3) is 0 Å². The van der Waals surface area contributed by atoms with Crippen molar-refractivity contribution in [3.8, 4) is 0 Å². The zero-order valence-electron chi connectivity index (χ0n) is 15.4. The number of nitrogens with one attached hydrogen (secondary N) is 3. The monoisotopic (exact) mass is 374 g/mol. The third kappa shape index (κ3) is 4.24. The molecule has 3 fully saturated rings. The molecule has 1 saturated carbocycles. The van der Waals surface area contributed by atoms with Gasteiger partial charge in [0, 0.05) is 30.9 Å². The number of likely N-dealkylation sites (tertiary alicyclic amines) is 1. The first-order chi connectivity index (χ1) is 13.1. The van der Waals surface area contributed by atoms with Crippen LogP contribution in [0.2, 0.25) is 0 Å². The van der Waals surface area contributed by atoms with Crippen molar-refractivity contribution in [2.24, 2.45) is 5.92 Å². The highest BCUT2D eigenvalue weighted by atomic mass is 19.1. The first-order valence-electron chi connectivity index (χ1n) is 9.96. The molecule has 0 aromatic heterocycles. The Hall–Kier alpha value is -2.15. The molecule has 1 aromatic rings. The van der Waals surface area contributed by atoms with Gasteiger partial charge in [-0.05, 0) is 55.9 Å². The zero-order chi connectivity index (χ0) is 18.8. The van der Waals surface area contributed by atoms with Crippen LogP contribution < -0.4 is 16.0 Å². The minimum atomic E-state index is -0.341. The summed E-state index contributed by atoms with van der Waals surface area (Å²) >= 11 is 0. The Morgan fingerprint density at radius 1 is 1.11 bits per heavy atom. The Morgan fingerprint density at radius 3 is 2.67 bits per heavy atom. The van der Waals surface area contributed by atoms with Gasteiger partial charge < -0.3 is 20.9 Å². The Balaban J connectivity index is 1.25. The van der Waals surface area contributed by atoms with Gasteiger partial charge in [-0.15, -0.1) is 0 Å². The first-order valence-corrected chi connectivity index (χ1v) is 9.96. The van der Waals surface area contributed by atoms with Crippen molar-refractivity contribution in [2.45, 2.75) is 56.7 Å². The van der Waals surface area contributed by atoms with E-state index in [4.69, 9.17) is 0 Å². The molecule has 6 nitrogen and oxygen atoms in total. The number of halogens is 1. The Bertz CT molecular complexity index is 682. The SMILES string of the molecule is O=C(Nc1ccc(F)cc1)NC1CCN(C(=O)C2CC3CCCCC3N2)C1. The predicted octanol–water partition coefficient (Wildman–Crippen LogP) is 2.47. The Morgan fingerprint density at radius 2 is 1.89 bits per heavy atom. The van der Waals surface area contributed by atoms with Crippen LogP contribution in [0.15, 0.2) is 24.3 Å². The normalized spacial score (nSPS) is 30.0. The maximum atomic E-state index is 12.9. The molecule has 0 bridgehead atoms. The molecule has 4 atom stereocenters. The number of hydrogen-bond acceptors (Lipinski definition) is 3. The molecular formula is C20H27FN4O2. The number of urea groups is 1. The van der Waals surface area contributed by atoms with Crippen molar-refractivity contribution < 1.29 is 14.0 Å². The fraction of sp³-hybridized carbons (Fsp3) is 0.600. The highest BCUT2D eigenvalue weighted by molar-refractivity contribution is 5.89. The first kappa shape index (κ1) is 18.2. The molecule has 7 heteroatoms. The number of anilines is 1. The molecule has 0 radical (unpaired) electrons. The third-order valence-electron chi connectivity index (χ3n) is 6.10. The summed E-state index contributed by atoms with van der Waals surface area (Å²) in [6, 6.07) is 5.70. The van der Waals surface area contributed by atoms with Crippen molar-refractivity contribution in [3.63, 3.8) is 0 Å². The number of carbonyl (C=O) groups excluding carboxylic acids is 2. The van der Waals surface area contributed by atoms with Crippen LogP contribution in [0.5, 0.6) is 0 Å². The van der Waals surface area contributed by atoms with E-state index in [1.54, 1.807) is 0 Å². The second-order valence-corrected chi connectivity index (χ2v) is 7.98. The van der Waals surface area contributed by atoms with Gasteiger partial charge in [-0.1, -0.05) is 12.8 Å². The van der Waals surface area contributed by atoms with Gasteiger partial charge >= 0.3 is 6.03 Å². The van der Waals surface area contributed by atoms with Gasteiger partial charge in [0.1, 0.15) is 5.82 Å². The minimum absolute atomic E-state index is 0.0573. The number of amides is 3. The van der Waals surface area contributed by atoms with E-state index >= 15 is 0 Å². The van der Waals surface area contributed by atoms with Crippen LogP contribution in [0.3, 0.4) is 0 Å². The quantitative estimate of drug-likeness (QED) is 0.761. The number of carbonyl (C=O) groups is 2. The Labute approximate surface area is 158 Å². The van der Waals surface area contributed by atoms with E-state index in [9.17, 15) is 14.0 Å². The van der Waals surface area contributed by atoms with Crippen molar-refractivity contribution in [3.05, 3.63) is 30.1 Å². The van der Waals surface area contributed by atoms with Gasteiger partial charge in [-0.25, -0.2) is 9.18 Å². The van der Waals surface area contributed by atoms with E-state index in [-0.39, 0.29) is 29.8 Å². The fourth-order valence-electron chi connectivity index (χ4n) is 4.69. The lowest BCUT2D eigenvalue weighted by molar-refractivity contribution is -0.132. The molecule has 3 amide bonds. The van der Waals surface area contributed by atoms with Crippen LogP contribution in [-0.4, -0.2) is 48.1 Å². The molecule has 146 valence electrons. The molecule has 1 aromatic carbocycles. The van der Waals surface area contributed by atoms with E-state index in [1.807, 2.05) is 4.90 Å². The average molecular weight is 374 g/mol. The summed E-state index contributed by atoms with van der Waals surface area (Å²) < 4.78 is 12.9. The van der Waals surface area contributed by atoms with Crippen molar-refractivity contribution >= 4 is 17.6 Å². The molecule has 2 saturated heterocycles. The zero-order valence-corrected chi connectivity index (χ0v) is 15.4. The molecule has 3 aliphatic rings. The van der Waals surface area contributed by atoms with Crippen LogP contribution in [0.4, 0.5) is 14.9 Å². The number of hydrogen-bond donors (Lipinski definition) is 3. The smallest absolute Gasteiger partial charge is 0.319 e. The van der Waals surface area contributed by atoms with Gasteiger partial charge in [0.25, 0.3) is 0 Å². The molecule has 0 spiro atoms. The largest absolute Gasteiger partial charge is 0.339 e. The molecule has 4 rings (SSSR count). The molecule has 2 heterocycles. The van der Waals surface area contributed by atoms with Gasteiger partial charge in [0.05, 0.1) is 6.04 Å². The lowest BCUT2D eigenvalue weighted by Crippen LogP contribution is -2.46. The highest BCUT2D eigenvalue weighted by Crippen LogP contribution is 2.34. The van der Waals surface area contributed by atoms with Crippen molar-refractivity contribution in [1.82, 2.24) is 15.5 Å². The van der Waals surface area contributed by atoms with E-state index in [1.165, 1.54) is 49.9 Å². The Kier molecular flexibility index (Phi) is 5.29. The number of benzene rings is 1. The molecule has 1 aliphatic carbocycles. The van der Waals surface area contributed by atoms with Crippen LogP contribution in [0, 0.1) is 11.7 Å². The standard InChI is InChI=1S/C20H27FN4O2/c21-14-5-7-15(8-6-14)22-20(27)23-16-9-10-25(12-16)19(26)18-11-13-3-1-2-4-17(13)24-18/h5-8,13,16-18,24H,1-4,9-12H2,(H2,22,23,27). The maximum Gasteiger partial charge on any atom is 0.319 e. The van der Waals surface area contributed by atoms with Gasteiger partial charge in [-0.3, -0.25) is 4.79 Å². The van der Waals surface area contributed by atoms with Crippen molar-refractivity contribution in [1.29, 1.82) is 0 Å². The topological polar surface area (TPSA) is 73.5 Å². The van der Waals surface area contributed by atoms with E-state index < -0.39 is 0 Å². The van der Waals surface area contributed by atoms with Gasteiger partial charge in [-0.2, -0.15) is 0 Å². The molecule has 3 N–H and O–H groups in total. The van der Waals surface area contributed by atoms with Gasteiger partial charge in [0.15, 0.2) is 0 Å². The molecule has 27 heavy (non-hydrogen) atoms.